The Morgan fingerprint density at radius 1 is 1.25 bits per heavy atom. The molecule has 20 heavy (non-hydrogen) atoms. The molecule has 2 atom stereocenters. The molecule has 0 unspecified atom stereocenters. The van der Waals surface area contributed by atoms with Crippen LogP contribution in [-0.2, 0) is 10.0 Å². The molecule has 7 heteroatoms. The van der Waals surface area contributed by atoms with Crippen molar-refractivity contribution in [1.82, 2.24) is 4.31 Å². The molecule has 1 saturated heterocycles. The summed E-state index contributed by atoms with van der Waals surface area (Å²) in [6, 6.07) is 1.76. The quantitative estimate of drug-likeness (QED) is 0.735. The van der Waals surface area contributed by atoms with E-state index < -0.39 is 10.0 Å². The fourth-order valence-electron chi connectivity index (χ4n) is 3.45. The Hall–Kier alpha value is 0.380. The van der Waals surface area contributed by atoms with Gasteiger partial charge < -0.3 is 0 Å². The number of fused-ring (bicyclic) bond motifs is 1. The molecule has 2 fully saturated rings. The summed E-state index contributed by atoms with van der Waals surface area (Å²) in [5, 5.41) is 0.478. The van der Waals surface area contributed by atoms with Gasteiger partial charge in [0, 0.05) is 12.6 Å². The Labute approximate surface area is 137 Å². The number of nitrogens with zero attached hydrogens (tertiary/aromatic N) is 1. The van der Waals surface area contributed by atoms with E-state index >= 15 is 0 Å². The average molecular weight is 399 g/mol. The Morgan fingerprint density at radius 3 is 2.65 bits per heavy atom. The van der Waals surface area contributed by atoms with Crippen LogP contribution in [0.5, 0.6) is 0 Å². The predicted octanol–water partition coefficient (Wildman–Crippen LogP) is 4.51. The number of piperidine rings is 1. The van der Waals surface area contributed by atoms with Crippen molar-refractivity contribution < 1.29 is 8.42 Å². The summed E-state index contributed by atoms with van der Waals surface area (Å²) < 4.78 is 28.5. The molecule has 0 spiro atoms. The summed E-state index contributed by atoms with van der Waals surface area (Å²) in [5.74, 6) is 0.547. The van der Waals surface area contributed by atoms with E-state index in [1.54, 1.807) is 10.4 Å². The summed E-state index contributed by atoms with van der Waals surface area (Å²) >= 11 is 10.5. The molecule has 1 aromatic rings. The number of sulfonamides is 1. The third-order valence-corrected chi connectivity index (χ3v) is 9.23. The van der Waals surface area contributed by atoms with E-state index in [9.17, 15) is 8.42 Å². The molecule has 1 aliphatic carbocycles. The highest BCUT2D eigenvalue weighted by Crippen LogP contribution is 2.41. The molecule has 2 heterocycles. The Balaban J connectivity index is 1.93. The highest BCUT2D eigenvalue weighted by atomic mass is 79.9. The third-order valence-electron chi connectivity index (χ3n) is 4.38. The smallest absolute Gasteiger partial charge is 0.206 e. The fraction of sp³-hybridized carbons (Fsp3) is 0.692. The van der Waals surface area contributed by atoms with E-state index in [0.29, 0.717) is 25.5 Å². The van der Waals surface area contributed by atoms with Gasteiger partial charge in [-0.25, -0.2) is 8.42 Å². The van der Waals surface area contributed by atoms with Gasteiger partial charge in [0.1, 0.15) is 4.21 Å². The zero-order chi connectivity index (χ0) is 14.3. The van der Waals surface area contributed by atoms with E-state index in [0.717, 1.165) is 19.3 Å². The van der Waals surface area contributed by atoms with E-state index in [2.05, 4.69) is 15.9 Å². The molecule has 0 amide bonds. The van der Waals surface area contributed by atoms with Crippen molar-refractivity contribution in [2.24, 2.45) is 5.92 Å². The largest absolute Gasteiger partial charge is 0.252 e. The molecule has 112 valence electrons. The van der Waals surface area contributed by atoms with Crippen molar-refractivity contribution in [2.75, 3.05) is 6.54 Å². The van der Waals surface area contributed by atoms with Crippen LogP contribution in [-0.4, -0.2) is 25.3 Å². The lowest BCUT2D eigenvalue weighted by molar-refractivity contribution is 0.129. The second-order valence-corrected chi connectivity index (χ2v) is 10.5. The van der Waals surface area contributed by atoms with Crippen LogP contribution in [0.25, 0.3) is 0 Å². The first-order valence-electron chi connectivity index (χ1n) is 6.97. The Morgan fingerprint density at radius 2 is 1.95 bits per heavy atom. The number of rotatable bonds is 2. The first-order chi connectivity index (χ1) is 9.50. The van der Waals surface area contributed by atoms with Crippen LogP contribution < -0.4 is 0 Å². The molecule has 0 N–H and O–H groups in total. The van der Waals surface area contributed by atoms with Gasteiger partial charge in [0.15, 0.2) is 0 Å². The van der Waals surface area contributed by atoms with Gasteiger partial charge in [0.2, 0.25) is 0 Å². The van der Waals surface area contributed by atoms with Crippen LogP contribution in [0.3, 0.4) is 0 Å². The summed E-state index contributed by atoms with van der Waals surface area (Å²) in [6.07, 6.45) is 6.70. The molecule has 1 aromatic heterocycles. The maximum absolute atomic E-state index is 12.9. The van der Waals surface area contributed by atoms with Crippen molar-refractivity contribution in [3.63, 3.8) is 0 Å². The number of hydrogen-bond donors (Lipinski definition) is 0. The van der Waals surface area contributed by atoms with Crippen LogP contribution in [0, 0.1) is 5.92 Å². The highest BCUT2D eigenvalue weighted by Gasteiger charge is 2.40. The van der Waals surface area contributed by atoms with Gasteiger partial charge in [-0.1, -0.05) is 24.4 Å². The van der Waals surface area contributed by atoms with Crippen molar-refractivity contribution in [2.45, 2.75) is 48.8 Å². The van der Waals surface area contributed by atoms with E-state index in [1.807, 2.05) is 0 Å². The molecular formula is C13H17BrClNO2S2. The topological polar surface area (TPSA) is 37.4 Å². The maximum Gasteiger partial charge on any atom is 0.252 e. The minimum atomic E-state index is -3.40. The number of halogens is 2. The van der Waals surface area contributed by atoms with Crippen LogP contribution in [0.1, 0.15) is 38.5 Å². The minimum absolute atomic E-state index is 0.196. The molecule has 0 bridgehead atoms. The zero-order valence-corrected chi connectivity index (χ0v) is 15.0. The van der Waals surface area contributed by atoms with Crippen LogP contribution in [0.2, 0.25) is 5.02 Å². The van der Waals surface area contributed by atoms with Crippen LogP contribution >= 0.6 is 38.9 Å². The van der Waals surface area contributed by atoms with E-state index in [4.69, 9.17) is 11.6 Å². The summed E-state index contributed by atoms with van der Waals surface area (Å²) in [4.78, 5) is 0. The van der Waals surface area contributed by atoms with Crippen LogP contribution in [0.4, 0.5) is 0 Å². The Bertz CT molecular complexity index is 580. The van der Waals surface area contributed by atoms with E-state index in [-0.39, 0.29) is 6.04 Å². The van der Waals surface area contributed by atoms with Gasteiger partial charge >= 0.3 is 0 Å². The summed E-state index contributed by atoms with van der Waals surface area (Å²) in [6.45, 7) is 0.649. The Kier molecular flexibility index (Phi) is 4.49. The first-order valence-corrected chi connectivity index (χ1v) is 10.4. The maximum atomic E-state index is 12.9. The van der Waals surface area contributed by atoms with Gasteiger partial charge in [-0.2, -0.15) is 4.31 Å². The second-order valence-electron chi connectivity index (χ2n) is 5.56. The van der Waals surface area contributed by atoms with Crippen molar-refractivity contribution in [3.8, 4) is 0 Å². The van der Waals surface area contributed by atoms with E-state index in [1.165, 1.54) is 30.6 Å². The molecule has 1 aliphatic heterocycles. The molecule has 3 rings (SSSR count). The third kappa shape index (κ3) is 2.70. The number of thiophene rings is 1. The average Bonchev–Trinajstić information content (AvgIpc) is 2.79. The van der Waals surface area contributed by atoms with Crippen molar-refractivity contribution in [3.05, 3.63) is 14.9 Å². The summed E-state index contributed by atoms with van der Waals surface area (Å²) in [7, 11) is -3.40. The highest BCUT2D eigenvalue weighted by molar-refractivity contribution is 9.11. The minimum Gasteiger partial charge on any atom is -0.206 e. The van der Waals surface area contributed by atoms with Gasteiger partial charge in [-0.15, -0.1) is 11.3 Å². The SMILES string of the molecule is O=S(=O)(c1cc(Cl)c(Br)s1)N1CCC[C@H]2CCCC[C@H]21. The van der Waals surface area contributed by atoms with Gasteiger partial charge in [0.05, 0.1) is 8.81 Å². The fourth-order valence-corrected chi connectivity index (χ4v) is 7.73. The molecule has 3 nitrogen and oxygen atoms in total. The number of hydrogen-bond acceptors (Lipinski definition) is 3. The van der Waals surface area contributed by atoms with Crippen LogP contribution in [0.15, 0.2) is 14.1 Å². The lowest BCUT2D eigenvalue weighted by Gasteiger charge is -2.42. The lowest BCUT2D eigenvalue weighted by Crippen LogP contribution is -2.49. The zero-order valence-electron chi connectivity index (χ0n) is 11.0. The van der Waals surface area contributed by atoms with Crippen molar-refractivity contribution >= 4 is 48.9 Å². The molecular weight excluding hydrogens is 382 g/mol. The van der Waals surface area contributed by atoms with Gasteiger partial charge in [-0.3, -0.25) is 0 Å². The lowest BCUT2D eigenvalue weighted by atomic mass is 9.79. The van der Waals surface area contributed by atoms with Crippen molar-refractivity contribution in [1.29, 1.82) is 0 Å². The van der Waals surface area contributed by atoms with Gasteiger partial charge in [0.25, 0.3) is 10.0 Å². The molecule has 1 saturated carbocycles. The standard InChI is InChI=1S/C13H17BrClNO2S2/c14-13-10(15)8-12(19-13)20(17,18)16-7-3-5-9-4-1-2-6-11(9)16/h8-9,11H,1-7H2/t9-,11-/m1/s1. The second kappa shape index (κ2) is 5.88. The summed E-state index contributed by atoms with van der Waals surface area (Å²) in [5.41, 5.74) is 0. The molecule has 0 aromatic carbocycles. The predicted molar refractivity (Wildman–Crippen MR) is 85.9 cm³/mol. The monoisotopic (exact) mass is 397 g/mol. The normalized spacial score (nSPS) is 28.3. The van der Waals surface area contributed by atoms with Gasteiger partial charge in [-0.05, 0) is 53.6 Å². The first kappa shape index (κ1) is 15.3. The molecule has 0 radical (unpaired) electrons. The molecule has 2 aliphatic rings.